The minimum Gasteiger partial charge on any atom is -0.467 e. The fraction of sp³-hybridized carbons (Fsp3) is 0.429. The first-order chi connectivity index (χ1) is 9.10. The van der Waals surface area contributed by atoms with E-state index >= 15 is 0 Å². The third kappa shape index (κ3) is 4.56. The Hall–Kier alpha value is -1.55. The van der Waals surface area contributed by atoms with Crippen LogP contribution in [0.15, 0.2) is 24.3 Å². The predicted molar refractivity (Wildman–Crippen MR) is 74.2 cm³/mol. The van der Waals surface area contributed by atoms with Gasteiger partial charge in [-0.25, -0.2) is 4.79 Å². The SMILES string of the molecule is CCCC[C@H](NC(=O)c1ccccc1Cl)C(=O)OC. The lowest BCUT2D eigenvalue weighted by atomic mass is 10.1. The van der Waals surface area contributed by atoms with E-state index in [2.05, 4.69) is 10.1 Å². The van der Waals surface area contributed by atoms with Gasteiger partial charge in [0.25, 0.3) is 5.91 Å². The highest BCUT2D eigenvalue weighted by molar-refractivity contribution is 6.33. The van der Waals surface area contributed by atoms with Crippen molar-refractivity contribution < 1.29 is 14.3 Å². The van der Waals surface area contributed by atoms with E-state index in [4.69, 9.17) is 11.6 Å². The Kier molecular flexibility index (Phi) is 6.36. The summed E-state index contributed by atoms with van der Waals surface area (Å²) in [5.74, 6) is -0.800. The molecule has 5 heteroatoms. The van der Waals surface area contributed by atoms with Crippen LogP contribution in [0.5, 0.6) is 0 Å². The molecule has 0 fully saturated rings. The molecule has 0 bridgehead atoms. The first-order valence-corrected chi connectivity index (χ1v) is 6.61. The minimum atomic E-state index is -0.631. The van der Waals surface area contributed by atoms with Gasteiger partial charge in [0.2, 0.25) is 0 Å². The summed E-state index contributed by atoms with van der Waals surface area (Å²) in [6.07, 6.45) is 2.33. The van der Waals surface area contributed by atoms with Crippen LogP contribution >= 0.6 is 11.6 Å². The molecule has 0 aliphatic rings. The van der Waals surface area contributed by atoms with Crippen molar-refractivity contribution in [2.24, 2.45) is 0 Å². The third-order valence-electron chi connectivity index (χ3n) is 2.76. The second-order valence-electron chi connectivity index (χ2n) is 4.17. The lowest BCUT2D eigenvalue weighted by Gasteiger charge is -2.16. The first-order valence-electron chi connectivity index (χ1n) is 6.23. The number of rotatable bonds is 6. The van der Waals surface area contributed by atoms with Crippen LogP contribution in [-0.2, 0) is 9.53 Å². The highest BCUT2D eigenvalue weighted by atomic mass is 35.5. The van der Waals surface area contributed by atoms with E-state index in [0.717, 1.165) is 12.8 Å². The zero-order valence-corrected chi connectivity index (χ0v) is 11.9. The maximum atomic E-state index is 12.1. The molecule has 19 heavy (non-hydrogen) atoms. The summed E-state index contributed by atoms with van der Waals surface area (Å²) >= 11 is 5.94. The van der Waals surface area contributed by atoms with Crippen molar-refractivity contribution in [3.63, 3.8) is 0 Å². The van der Waals surface area contributed by atoms with Gasteiger partial charge in [-0.3, -0.25) is 4.79 Å². The zero-order chi connectivity index (χ0) is 14.3. The third-order valence-corrected chi connectivity index (χ3v) is 3.09. The molecule has 0 spiro atoms. The number of methoxy groups -OCH3 is 1. The Morgan fingerprint density at radius 2 is 2.05 bits per heavy atom. The van der Waals surface area contributed by atoms with E-state index in [0.29, 0.717) is 17.0 Å². The Labute approximate surface area is 118 Å². The second-order valence-corrected chi connectivity index (χ2v) is 4.58. The molecule has 0 unspecified atom stereocenters. The standard InChI is InChI=1S/C14H18ClNO3/c1-3-4-9-12(14(18)19-2)16-13(17)10-7-5-6-8-11(10)15/h5-8,12H,3-4,9H2,1-2H3,(H,16,17)/t12-/m0/s1. The van der Waals surface area contributed by atoms with Gasteiger partial charge >= 0.3 is 5.97 Å². The molecule has 1 N–H and O–H groups in total. The number of ether oxygens (including phenoxy) is 1. The second kappa shape index (κ2) is 7.79. The van der Waals surface area contributed by atoms with Crippen molar-refractivity contribution in [1.29, 1.82) is 0 Å². The number of carbonyl (C=O) groups is 2. The molecule has 0 heterocycles. The van der Waals surface area contributed by atoms with Crippen LogP contribution in [0.2, 0.25) is 5.02 Å². The van der Waals surface area contributed by atoms with Crippen molar-refractivity contribution in [1.82, 2.24) is 5.32 Å². The molecule has 1 amide bonds. The lowest BCUT2D eigenvalue weighted by Crippen LogP contribution is -2.41. The molecular formula is C14H18ClNO3. The molecule has 1 aromatic rings. The van der Waals surface area contributed by atoms with Crippen LogP contribution in [-0.4, -0.2) is 25.0 Å². The van der Waals surface area contributed by atoms with Gasteiger partial charge < -0.3 is 10.1 Å². The maximum Gasteiger partial charge on any atom is 0.328 e. The number of carbonyl (C=O) groups excluding carboxylic acids is 2. The number of hydrogen-bond acceptors (Lipinski definition) is 3. The van der Waals surface area contributed by atoms with E-state index in [1.54, 1.807) is 24.3 Å². The van der Waals surface area contributed by atoms with Crippen LogP contribution in [0.1, 0.15) is 36.5 Å². The maximum absolute atomic E-state index is 12.1. The van der Waals surface area contributed by atoms with Crippen molar-refractivity contribution in [2.75, 3.05) is 7.11 Å². The first kappa shape index (κ1) is 15.5. The minimum absolute atomic E-state index is 0.356. The summed E-state index contributed by atoms with van der Waals surface area (Å²) in [6, 6.07) is 6.09. The van der Waals surface area contributed by atoms with Crippen molar-refractivity contribution in [3.8, 4) is 0 Å². The summed E-state index contributed by atoms with van der Waals surface area (Å²) in [5.41, 5.74) is 0.356. The number of hydrogen-bond donors (Lipinski definition) is 1. The van der Waals surface area contributed by atoms with Crippen LogP contribution in [0, 0.1) is 0 Å². The molecule has 0 radical (unpaired) electrons. The van der Waals surface area contributed by atoms with E-state index in [1.807, 2.05) is 6.92 Å². The highest BCUT2D eigenvalue weighted by Gasteiger charge is 2.22. The van der Waals surface area contributed by atoms with Crippen LogP contribution < -0.4 is 5.32 Å². The van der Waals surface area contributed by atoms with Gasteiger partial charge in [-0.2, -0.15) is 0 Å². The molecule has 4 nitrogen and oxygen atoms in total. The molecule has 0 aliphatic heterocycles. The number of halogens is 1. The Morgan fingerprint density at radius 3 is 2.63 bits per heavy atom. The summed E-state index contributed by atoms with van der Waals surface area (Å²) < 4.78 is 4.69. The van der Waals surface area contributed by atoms with E-state index < -0.39 is 12.0 Å². The average molecular weight is 284 g/mol. The van der Waals surface area contributed by atoms with Gasteiger partial charge in [-0.05, 0) is 18.6 Å². The van der Waals surface area contributed by atoms with Gasteiger partial charge in [0.05, 0.1) is 17.7 Å². The van der Waals surface area contributed by atoms with E-state index in [1.165, 1.54) is 7.11 Å². The largest absolute Gasteiger partial charge is 0.467 e. The Morgan fingerprint density at radius 1 is 1.37 bits per heavy atom. The summed E-state index contributed by atoms with van der Waals surface area (Å²) in [7, 11) is 1.31. The van der Waals surface area contributed by atoms with Gasteiger partial charge in [0.15, 0.2) is 0 Å². The number of esters is 1. The number of nitrogens with one attached hydrogen (secondary N) is 1. The van der Waals surface area contributed by atoms with Crippen molar-refractivity contribution in [3.05, 3.63) is 34.9 Å². The summed E-state index contributed by atoms with van der Waals surface area (Å²) in [5, 5.41) is 3.02. The number of amides is 1. The quantitative estimate of drug-likeness (QED) is 0.817. The zero-order valence-electron chi connectivity index (χ0n) is 11.1. The molecular weight excluding hydrogens is 266 g/mol. The molecule has 1 rings (SSSR count). The van der Waals surface area contributed by atoms with E-state index in [-0.39, 0.29) is 5.91 Å². The van der Waals surface area contributed by atoms with Gasteiger partial charge in [-0.1, -0.05) is 43.5 Å². The molecule has 0 aliphatic carbocycles. The molecule has 1 atom stereocenters. The smallest absolute Gasteiger partial charge is 0.328 e. The summed E-state index contributed by atoms with van der Waals surface area (Å²) in [4.78, 5) is 23.7. The summed E-state index contributed by atoms with van der Waals surface area (Å²) in [6.45, 7) is 2.02. The normalized spacial score (nSPS) is 11.7. The predicted octanol–water partition coefficient (Wildman–Crippen LogP) is 2.80. The molecule has 104 valence electrons. The molecule has 1 aromatic carbocycles. The van der Waals surface area contributed by atoms with Crippen LogP contribution in [0.3, 0.4) is 0 Å². The van der Waals surface area contributed by atoms with Crippen LogP contribution in [0.4, 0.5) is 0 Å². The average Bonchev–Trinajstić information content (AvgIpc) is 2.42. The van der Waals surface area contributed by atoms with Crippen molar-refractivity contribution >= 4 is 23.5 Å². The van der Waals surface area contributed by atoms with Gasteiger partial charge in [-0.15, -0.1) is 0 Å². The molecule has 0 aromatic heterocycles. The van der Waals surface area contributed by atoms with Crippen LogP contribution in [0.25, 0.3) is 0 Å². The fourth-order valence-corrected chi connectivity index (χ4v) is 1.90. The topological polar surface area (TPSA) is 55.4 Å². The Bertz CT molecular complexity index is 448. The van der Waals surface area contributed by atoms with Gasteiger partial charge in [0, 0.05) is 0 Å². The highest BCUT2D eigenvalue weighted by Crippen LogP contribution is 2.15. The monoisotopic (exact) mass is 283 g/mol. The Balaban J connectivity index is 2.76. The number of unbranched alkanes of at least 4 members (excludes halogenated alkanes) is 1. The van der Waals surface area contributed by atoms with Gasteiger partial charge in [0.1, 0.15) is 6.04 Å². The molecule has 0 saturated heterocycles. The van der Waals surface area contributed by atoms with E-state index in [9.17, 15) is 9.59 Å². The number of benzene rings is 1. The van der Waals surface area contributed by atoms with Crippen molar-refractivity contribution in [2.45, 2.75) is 32.2 Å². The fourth-order valence-electron chi connectivity index (χ4n) is 1.68. The molecule has 0 saturated carbocycles. The lowest BCUT2D eigenvalue weighted by molar-refractivity contribution is -0.143.